The van der Waals surface area contributed by atoms with E-state index in [1.807, 2.05) is 0 Å². The Hall–Kier alpha value is -5.89. The number of halogens is 1. The highest BCUT2D eigenvalue weighted by atomic mass is 32.2. The minimum atomic E-state index is -4.73. The van der Waals surface area contributed by atoms with Gasteiger partial charge in [-0.2, -0.15) is 4.98 Å². The topological polar surface area (TPSA) is 214 Å². The number of benzene rings is 2. The van der Waals surface area contributed by atoms with E-state index >= 15 is 0 Å². The van der Waals surface area contributed by atoms with E-state index in [4.69, 9.17) is 14.2 Å². The minimum Gasteiger partial charge on any atom is -0.475 e. The zero-order chi connectivity index (χ0) is 49.5. The number of morpholine rings is 1. The smallest absolute Gasteiger partial charge is 0.312 e. The molecule has 2 saturated heterocycles. The van der Waals surface area contributed by atoms with E-state index in [0.717, 1.165) is 62.9 Å². The summed E-state index contributed by atoms with van der Waals surface area (Å²) in [5, 5.41) is 25.6. The molecule has 4 N–H and O–H groups in total. The zero-order valence-corrected chi connectivity index (χ0v) is 41.2. The van der Waals surface area contributed by atoms with Gasteiger partial charge in [-0.25, -0.2) is 22.5 Å². The third-order valence-corrected chi connectivity index (χ3v) is 16.3. The molecule has 2 saturated carbocycles. The largest absolute Gasteiger partial charge is 0.475 e. The average molecular weight is 983 g/mol. The summed E-state index contributed by atoms with van der Waals surface area (Å²) in [6.45, 7) is 13.7. The normalized spacial score (nSPS) is 23.0. The molecule has 2 aliphatic heterocycles. The third-order valence-electron chi connectivity index (χ3n) is 15.0. The van der Waals surface area contributed by atoms with Gasteiger partial charge in [0, 0.05) is 61.8 Å². The first kappa shape index (κ1) is 49.1. The van der Waals surface area contributed by atoms with Crippen LogP contribution >= 0.6 is 0 Å². The van der Waals surface area contributed by atoms with Gasteiger partial charge < -0.3 is 34.5 Å². The summed E-state index contributed by atoms with van der Waals surface area (Å²) in [7, 11) is -4.73. The van der Waals surface area contributed by atoms with E-state index in [9.17, 15) is 32.8 Å². The van der Waals surface area contributed by atoms with Crippen molar-refractivity contribution in [2.24, 2.45) is 11.3 Å². The van der Waals surface area contributed by atoms with Crippen LogP contribution in [0.3, 0.4) is 0 Å². The van der Waals surface area contributed by atoms with Gasteiger partial charge in [0.15, 0.2) is 5.75 Å². The Labute approximate surface area is 407 Å². The molecule has 1 amide bonds. The van der Waals surface area contributed by atoms with Crippen LogP contribution in [0.15, 0.2) is 71.9 Å². The quantitative estimate of drug-likeness (QED) is 0.0569. The molecule has 0 radical (unpaired) electrons. The molecular formula is C51H63FN8O9S. The van der Waals surface area contributed by atoms with Crippen molar-refractivity contribution < 1.29 is 41.8 Å². The van der Waals surface area contributed by atoms with E-state index in [-0.39, 0.29) is 69.8 Å². The predicted molar refractivity (Wildman–Crippen MR) is 263 cm³/mol. The third kappa shape index (κ3) is 10.2. The van der Waals surface area contributed by atoms with Crippen molar-refractivity contribution in [3.63, 3.8) is 0 Å². The Morgan fingerprint density at radius 1 is 1.07 bits per heavy atom. The molecule has 0 unspecified atom stereocenters. The second-order valence-corrected chi connectivity index (χ2v) is 22.0. The number of anilines is 2. The van der Waals surface area contributed by atoms with E-state index < -0.39 is 42.9 Å². The summed E-state index contributed by atoms with van der Waals surface area (Å²) in [6.07, 6.45) is 8.80. The number of aromatic nitrogens is 3. The van der Waals surface area contributed by atoms with Crippen LogP contribution in [0.1, 0.15) is 119 Å². The van der Waals surface area contributed by atoms with Crippen molar-refractivity contribution in [2.45, 2.75) is 121 Å². The highest BCUT2D eigenvalue weighted by molar-refractivity contribution is 7.90. The van der Waals surface area contributed by atoms with Crippen LogP contribution in [0, 0.1) is 27.3 Å². The number of nitrogens with one attached hydrogen (secondary N) is 3. The fraction of sp³-hybridized carbons (Fsp3) is 0.510. The number of amides is 1. The van der Waals surface area contributed by atoms with Crippen LogP contribution in [0.5, 0.6) is 17.4 Å². The van der Waals surface area contributed by atoms with Gasteiger partial charge in [0.1, 0.15) is 22.1 Å². The Bertz CT molecular complexity index is 2850. The van der Waals surface area contributed by atoms with E-state index in [0.29, 0.717) is 57.4 Å². The Kier molecular flexibility index (Phi) is 13.8. The molecule has 17 nitrogen and oxygen atoms in total. The molecule has 2 atom stereocenters. The molecule has 1 spiro atoms. The van der Waals surface area contributed by atoms with Gasteiger partial charge in [-0.3, -0.25) is 19.8 Å². The molecule has 0 bridgehead atoms. The second-order valence-electron chi connectivity index (χ2n) is 20.3. The lowest BCUT2D eigenvalue weighted by Crippen LogP contribution is -2.60. The number of hydrogen-bond acceptors (Lipinski definition) is 14. The van der Waals surface area contributed by atoms with Gasteiger partial charge >= 0.3 is 5.69 Å². The maximum absolute atomic E-state index is 14.9. The molecule has 2 aromatic carbocycles. The van der Waals surface area contributed by atoms with Gasteiger partial charge in [-0.05, 0) is 113 Å². The molecule has 2 aliphatic carbocycles. The minimum absolute atomic E-state index is 0.00630. The summed E-state index contributed by atoms with van der Waals surface area (Å²) in [5.74, 6) is -1.27. The van der Waals surface area contributed by atoms with Gasteiger partial charge in [0.05, 0.1) is 53.5 Å². The van der Waals surface area contributed by atoms with Gasteiger partial charge in [-0.15, -0.1) is 0 Å². The molecule has 9 rings (SSSR count). The van der Waals surface area contributed by atoms with Crippen LogP contribution in [-0.2, 0) is 14.8 Å². The summed E-state index contributed by atoms with van der Waals surface area (Å²) >= 11 is 0. The van der Waals surface area contributed by atoms with Crippen LogP contribution < -0.4 is 24.4 Å². The average Bonchev–Trinajstić information content (AvgIpc) is 3.68. The molecule has 5 aromatic rings. The highest BCUT2D eigenvalue weighted by Gasteiger charge is 2.51. The predicted octanol–water partition coefficient (Wildman–Crippen LogP) is 9.00. The number of fused-ring (bicyclic) bond motifs is 1. The molecule has 70 heavy (non-hydrogen) atoms. The Balaban J connectivity index is 0.942. The van der Waals surface area contributed by atoms with Crippen molar-refractivity contribution in [3.05, 3.63) is 99.6 Å². The summed E-state index contributed by atoms with van der Waals surface area (Å²) in [5.41, 5.74) is 2.33. The number of hydrogen-bond donors (Lipinski definition) is 4. The van der Waals surface area contributed by atoms with Crippen LogP contribution in [0.2, 0.25) is 0 Å². The second kappa shape index (κ2) is 19.7. The number of sulfonamides is 1. The molecule has 4 fully saturated rings. The fourth-order valence-electron chi connectivity index (χ4n) is 11.1. The van der Waals surface area contributed by atoms with Crippen LogP contribution in [0.4, 0.5) is 21.6 Å². The number of rotatable bonds is 15. The first-order valence-electron chi connectivity index (χ1n) is 24.4. The summed E-state index contributed by atoms with van der Waals surface area (Å²) in [6, 6.07) is 16.8. The SMILES string of the molecule is CCOc1nc2[nH]cc(F)c2cc1Oc1cc(N2CCC3(CC2)CC(N2[C@H](C)COC[C@H]2c2ccccc2C(C)C)C3)ccc1C(=O)NS(=O)(=O)c1cnc(NCC2CCC(C)(O)CC2)c([N+](=O)[O-])c1. The monoisotopic (exact) mass is 982 g/mol. The Morgan fingerprint density at radius 2 is 1.81 bits per heavy atom. The van der Waals surface area contributed by atoms with Gasteiger partial charge in [0.2, 0.25) is 5.82 Å². The summed E-state index contributed by atoms with van der Waals surface area (Å²) < 4.78 is 63.0. The first-order chi connectivity index (χ1) is 33.4. The maximum atomic E-state index is 14.9. The number of carbonyl (C=O) groups excluding carboxylic acids is 1. The lowest BCUT2D eigenvalue weighted by Gasteiger charge is -2.59. The zero-order valence-electron chi connectivity index (χ0n) is 40.4. The number of pyridine rings is 2. The van der Waals surface area contributed by atoms with Crippen molar-refractivity contribution >= 4 is 44.2 Å². The number of nitro groups is 1. The number of nitrogens with zero attached hydrogens (tertiary/aromatic N) is 5. The van der Waals surface area contributed by atoms with Gasteiger partial charge in [-0.1, -0.05) is 38.1 Å². The van der Waals surface area contributed by atoms with Crippen molar-refractivity contribution in [2.75, 3.05) is 49.7 Å². The summed E-state index contributed by atoms with van der Waals surface area (Å²) in [4.78, 5) is 41.2. The molecule has 19 heteroatoms. The van der Waals surface area contributed by atoms with Crippen LogP contribution in [0.25, 0.3) is 11.0 Å². The Morgan fingerprint density at radius 3 is 2.53 bits per heavy atom. The molecule has 374 valence electrons. The molecule has 4 aliphatic rings. The number of aromatic amines is 1. The standard InChI is InChI=1S/C51H63FN8O9S/c1-6-68-49-45(23-40-41(52)28-55-46(40)56-49)69-44-21-34(58-19-17-51(18-20-58)24-35(25-51)59-32(4)29-67-30-43(59)38-10-8-7-9-37(38)31(2)3)11-12-39(44)48(61)57-70(65,66)36-22-42(60(63)64)47(54-27-36)53-26-33-13-15-50(5,62)16-14-33/h7-12,21-23,27-28,31-33,35,43,62H,6,13-20,24-26,29-30H2,1-5H3,(H,53,54)(H,55,56)(H,57,61)/t32-,33?,43+,50?/m1/s1. The molecular weight excluding hydrogens is 920 g/mol. The first-order valence-corrected chi connectivity index (χ1v) is 25.9. The number of aliphatic hydroxyl groups is 1. The highest BCUT2D eigenvalue weighted by Crippen LogP contribution is 2.54. The van der Waals surface area contributed by atoms with E-state index in [1.54, 1.807) is 26.0 Å². The van der Waals surface area contributed by atoms with E-state index in [1.165, 1.54) is 23.3 Å². The molecule has 3 aromatic heterocycles. The number of piperidine rings is 1. The van der Waals surface area contributed by atoms with Crippen molar-refractivity contribution in [1.82, 2.24) is 24.6 Å². The van der Waals surface area contributed by atoms with E-state index in [2.05, 4.69) is 79.8 Å². The number of H-pyrrole nitrogens is 1. The number of ether oxygens (including phenoxy) is 3. The van der Waals surface area contributed by atoms with Gasteiger partial charge in [0.25, 0.3) is 21.8 Å². The van der Waals surface area contributed by atoms with Crippen molar-refractivity contribution in [1.29, 1.82) is 0 Å². The maximum Gasteiger partial charge on any atom is 0.312 e. The molecule has 5 heterocycles. The lowest BCUT2D eigenvalue weighted by molar-refractivity contribution is -0.384. The van der Waals surface area contributed by atoms with Crippen LogP contribution in [-0.4, -0.2) is 101 Å². The lowest BCUT2D eigenvalue weighted by atomic mass is 9.59. The fourth-order valence-corrected chi connectivity index (χ4v) is 12.0. The number of carbonyl (C=O) groups is 1. The van der Waals surface area contributed by atoms with Crippen molar-refractivity contribution in [3.8, 4) is 17.4 Å².